The Hall–Kier alpha value is -6.38. The van der Waals surface area contributed by atoms with Crippen molar-refractivity contribution in [1.29, 1.82) is 0 Å². The topological polar surface area (TPSA) is 16.4 Å². The molecule has 2 heteroatoms. The van der Waals surface area contributed by atoms with Crippen LogP contribution in [-0.4, -0.2) is 0 Å². The number of nitrogens with zero attached hydrogens (tertiary/aromatic N) is 1. The summed E-state index contributed by atoms with van der Waals surface area (Å²) in [6, 6.07) is 67.0. The second kappa shape index (κ2) is 11.8. The van der Waals surface area contributed by atoms with Gasteiger partial charge in [-0.25, -0.2) is 0 Å². The van der Waals surface area contributed by atoms with Crippen LogP contribution in [0.5, 0.6) is 0 Å². The third-order valence-electron chi connectivity index (χ3n) is 9.29. The SMILES string of the molecule is c1ccc(-c2ccc(-c3ccc(N(c4ccccc4-c4ccc5oc6ccccc6c5c4)c4cccc5ccccc45)cc3)cc2)cc1. The van der Waals surface area contributed by atoms with E-state index in [2.05, 4.69) is 181 Å². The van der Waals surface area contributed by atoms with Crippen LogP contribution >= 0.6 is 0 Å². The first-order chi connectivity index (χ1) is 23.8. The van der Waals surface area contributed by atoms with Crippen LogP contribution in [0.3, 0.4) is 0 Å². The van der Waals surface area contributed by atoms with Crippen molar-refractivity contribution in [1.82, 2.24) is 0 Å². The number of para-hydroxylation sites is 2. The smallest absolute Gasteiger partial charge is 0.135 e. The van der Waals surface area contributed by atoms with Gasteiger partial charge in [0.1, 0.15) is 11.2 Å². The van der Waals surface area contributed by atoms with Crippen molar-refractivity contribution in [3.05, 3.63) is 188 Å². The summed E-state index contributed by atoms with van der Waals surface area (Å²) >= 11 is 0. The number of hydrogen-bond acceptors (Lipinski definition) is 2. The Kier molecular flexibility index (Phi) is 6.84. The summed E-state index contributed by atoms with van der Waals surface area (Å²) in [6.07, 6.45) is 0. The zero-order chi connectivity index (χ0) is 31.9. The maximum absolute atomic E-state index is 6.17. The van der Waals surface area contributed by atoms with E-state index in [9.17, 15) is 0 Å². The van der Waals surface area contributed by atoms with Crippen molar-refractivity contribution in [2.24, 2.45) is 0 Å². The van der Waals surface area contributed by atoms with Crippen molar-refractivity contribution in [3.8, 4) is 33.4 Å². The lowest BCUT2D eigenvalue weighted by Crippen LogP contribution is -2.11. The van der Waals surface area contributed by atoms with Crippen molar-refractivity contribution in [2.45, 2.75) is 0 Å². The largest absolute Gasteiger partial charge is 0.456 e. The van der Waals surface area contributed by atoms with Gasteiger partial charge < -0.3 is 9.32 Å². The van der Waals surface area contributed by atoms with Crippen LogP contribution in [0.15, 0.2) is 192 Å². The molecule has 9 rings (SSSR count). The second-order valence-electron chi connectivity index (χ2n) is 12.2. The predicted molar refractivity (Wildman–Crippen MR) is 202 cm³/mol. The van der Waals surface area contributed by atoms with Gasteiger partial charge in [-0.1, -0.05) is 146 Å². The van der Waals surface area contributed by atoms with E-state index in [1.54, 1.807) is 0 Å². The first-order valence-corrected chi connectivity index (χ1v) is 16.3. The Morgan fingerprint density at radius 3 is 1.67 bits per heavy atom. The van der Waals surface area contributed by atoms with Gasteiger partial charge in [0.25, 0.3) is 0 Å². The third-order valence-corrected chi connectivity index (χ3v) is 9.29. The lowest BCUT2D eigenvalue weighted by atomic mass is 9.98. The van der Waals surface area contributed by atoms with Crippen LogP contribution in [0.4, 0.5) is 17.1 Å². The molecule has 0 saturated heterocycles. The second-order valence-corrected chi connectivity index (χ2v) is 12.2. The van der Waals surface area contributed by atoms with E-state index in [-0.39, 0.29) is 0 Å². The maximum Gasteiger partial charge on any atom is 0.135 e. The van der Waals surface area contributed by atoms with Crippen molar-refractivity contribution in [2.75, 3.05) is 4.90 Å². The van der Waals surface area contributed by atoms with Crippen molar-refractivity contribution in [3.63, 3.8) is 0 Å². The van der Waals surface area contributed by atoms with Crippen LogP contribution < -0.4 is 4.90 Å². The number of hydrogen-bond donors (Lipinski definition) is 0. The third kappa shape index (κ3) is 4.92. The normalized spacial score (nSPS) is 11.3. The molecule has 0 aliphatic rings. The average Bonchev–Trinajstić information content (AvgIpc) is 3.54. The molecule has 226 valence electrons. The highest BCUT2D eigenvalue weighted by atomic mass is 16.3. The number of anilines is 3. The molecule has 0 saturated carbocycles. The Morgan fingerprint density at radius 2 is 0.875 bits per heavy atom. The molecule has 8 aromatic carbocycles. The molecular formula is C46H31NO. The first-order valence-electron chi connectivity index (χ1n) is 16.3. The maximum atomic E-state index is 6.17. The summed E-state index contributed by atoms with van der Waals surface area (Å²) in [5, 5.41) is 4.66. The molecule has 0 aliphatic carbocycles. The van der Waals surface area contributed by atoms with Gasteiger partial charge in [-0.3, -0.25) is 0 Å². The minimum atomic E-state index is 0.899. The molecule has 1 heterocycles. The Bertz CT molecular complexity index is 2540. The van der Waals surface area contributed by atoms with Gasteiger partial charge in [-0.05, 0) is 75.7 Å². The summed E-state index contributed by atoms with van der Waals surface area (Å²) in [7, 11) is 0. The van der Waals surface area contributed by atoms with Crippen LogP contribution in [0.25, 0.3) is 66.1 Å². The van der Waals surface area contributed by atoms with E-state index < -0.39 is 0 Å². The van der Waals surface area contributed by atoms with Gasteiger partial charge in [-0.15, -0.1) is 0 Å². The Balaban J connectivity index is 1.17. The molecule has 1 aromatic heterocycles. The van der Waals surface area contributed by atoms with Gasteiger partial charge in [-0.2, -0.15) is 0 Å². The Morgan fingerprint density at radius 1 is 0.333 bits per heavy atom. The average molecular weight is 614 g/mol. The lowest BCUT2D eigenvalue weighted by Gasteiger charge is -2.29. The Labute approximate surface area is 279 Å². The number of furan rings is 1. The molecule has 0 atom stereocenters. The zero-order valence-electron chi connectivity index (χ0n) is 26.3. The summed E-state index contributed by atoms with van der Waals surface area (Å²) in [4.78, 5) is 2.40. The number of fused-ring (bicyclic) bond motifs is 4. The van der Waals surface area contributed by atoms with E-state index >= 15 is 0 Å². The highest BCUT2D eigenvalue weighted by Crippen LogP contribution is 2.44. The monoisotopic (exact) mass is 613 g/mol. The van der Waals surface area contributed by atoms with Gasteiger partial charge in [0.15, 0.2) is 0 Å². The van der Waals surface area contributed by atoms with Gasteiger partial charge in [0.05, 0.1) is 11.4 Å². The zero-order valence-corrected chi connectivity index (χ0v) is 26.3. The molecule has 0 bridgehead atoms. The minimum Gasteiger partial charge on any atom is -0.456 e. The van der Waals surface area contributed by atoms with Gasteiger partial charge in [0, 0.05) is 27.4 Å². The van der Waals surface area contributed by atoms with E-state index in [4.69, 9.17) is 4.42 Å². The molecule has 48 heavy (non-hydrogen) atoms. The molecule has 2 nitrogen and oxygen atoms in total. The number of benzene rings is 8. The van der Waals surface area contributed by atoms with Gasteiger partial charge in [0.2, 0.25) is 0 Å². The van der Waals surface area contributed by atoms with E-state index in [0.717, 1.165) is 50.1 Å². The summed E-state index contributed by atoms with van der Waals surface area (Å²) in [6.45, 7) is 0. The van der Waals surface area contributed by atoms with Crippen molar-refractivity contribution >= 4 is 49.8 Å². The molecule has 0 amide bonds. The van der Waals surface area contributed by atoms with E-state index in [1.165, 1.54) is 33.0 Å². The molecule has 0 N–H and O–H groups in total. The molecule has 0 spiro atoms. The summed E-state index contributed by atoms with van der Waals surface area (Å²) in [5.41, 5.74) is 12.3. The van der Waals surface area contributed by atoms with Gasteiger partial charge >= 0.3 is 0 Å². The molecule has 9 aromatic rings. The molecule has 0 fully saturated rings. The fourth-order valence-corrected chi connectivity index (χ4v) is 6.91. The molecule has 0 aliphatic heterocycles. The van der Waals surface area contributed by atoms with E-state index in [1.807, 2.05) is 12.1 Å². The van der Waals surface area contributed by atoms with Crippen molar-refractivity contribution < 1.29 is 4.42 Å². The minimum absolute atomic E-state index is 0.899. The lowest BCUT2D eigenvalue weighted by molar-refractivity contribution is 0.669. The molecule has 0 radical (unpaired) electrons. The number of rotatable bonds is 6. The highest BCUT2D eigenvalue weighted by Gasteiger charge is 2.20. The quantitative estimate of drug-likeness (QED) is 0.185. The molecule has 0 unspecified atom stereocenters. The predicted octanol–water partition coefficient (Wildman–Crippen LogP) is 13.2. The van der Waals surface area contributed by atoms with Crippen LogP contribution in [-0.2, 0) is 0 Å². The van der Waals surface area contributed by atoms with Crippen LogP contribution in [0.1, 0.15) is 0 Å². The van der Waals surface area contributed by atoms with E-state index in [0.29, 0.717) is 0 Å². The van der Waals surface area contributed by atoms with Crippen LogP contribution in [0.2, 0.25) is 0 Å². The summed E-state index contributed by atoms with van der Waals surface area (Å²) < 4.78 is 6.17. The first kappa shape index (κ1) is 27.9. The van der Waals surface area contributed by atoms with Crippen LogP contribution in [0, 0.1) is 0 Å². The summed E-state index contributed by atoms with van der Waals surface area (Å²) in [5.74, 6) is 0. The fraction of sp³-hybridized carbons (Fsp3) is 0. The highest BCUT2D eigenvalue weighted by molar-refractivity contribution is 6.07. The molecular weight excluding hydrogens is 583 g/mol. The fourth-order valence-electron chi connectivity index (χ4n) is 6.91. The standard InChI is InChI=1S/C46H31NO/c1-2-11-32(12-3-1)33-21-23-34(24-22-33)35-25-28-38(29-26-35)47(44-19-10-14-36-13-4-5-15-39(36)44)43-18-8-6-16-40(43)37-27-30-46-42(31-37)41-17-7-9-20-45(41)48-46/h1-31H.